The number of methoxy groups -OCH3 is 1. The smallest absolute Gasteiger partial charge is 0.331 e. The highest BCUT2D eigenvalue weighted by Gasteiger charge is 2.16. The van der Waals surface area contributed by atoms with Crippen molar-refractivity contribution in [2.24, 2.45) is 0 Å². The number of carboxylic acid groups (broad SMARTS) is 1. The molecule has 0 aromatic heterocycles. The second-order valence-corrected chi connectivity index (χ2v) is 3.05. The molecule has 0 aromatic carbocycles. The molecule has 0 bridgehead atoms. The van der Waals surface area contributed by atoms with E-state index in [1.165, 1.54) is 6.92 Å². The lowest BCUT2D eigenvalue weighted by molar-refractivity contribution is -0.151. The number of aliphatic carboxylic acids is 1. The SMILES string of the molecule is COC(=O)C=CC(=O)OC(C)C(=O)NCC(=O)O. The van der Waals surface area contributed by atoms with Crippen LogP contribution < -0.4 is 5.32 Å². The van der Waals surface area contributed by atoms with Gasteiger partial charge in [-0.05, 0) is 6.92 Å². The van der Waals surface area contributed by atoms with Crippen molar-refractivity contribution >= 4 is 23.8 Å². The van der Waals surface area contributed by atoms with Crippen molar-refractivity contribution in [1.82, 2.24) is 5.32 Å². The van der Waals surface area contributed by atoms with Crippen LogP contribution in [0.3, 0.4) is 0 Å². The molecule has 0 fully saturated rings. The third-order valence-corrected chi connectivity index (χ3v) is 1.63. The molecular weight excluding hydrogens is 246 g/mol. The van der Waals surface area contributed by atoms with Crippen molar-refractivity contribution in [3.63, 3.8) is 0 Å². The summed E-state index contributed by atoms with van der Waals surface area (Å²) in [5.74, 6) is -3.63. The van der Waals surface area contributed by atoms with Gasteiger partial charge in [0, 0.05) is 12.2 Å². The first-order valence-corrected chi connectivity index (χ1v) is 4.83. The average Bonchev–Trinajstić information content (AvgIpc) is 2.32. The van der Waals surface area contributed by atoms with E-state index in [2.05, 4.69) is 9.47 Å². The molecule has 18 heavy (non-hydrogen) atoms. The van der Waals surface area contributed by atoms with E-state index in [0.29, 0.717) is 0 Å². The Hall–Kier alpha value is -2.38. The zero-order chi connectivity index (χ0) is 14.1. The molecule has 0 saturated heterocycles. The summed E-state index contributed by atoms with van der Waals surface area (Å²) in [6.07, 6.45) is 0.468. The molecule has 1 amide bonds. The first-order valence-electron chi connectivity index (χ1n) is 4.83. The monoisotopic (exact) mass is 259 g/mol. The van der Waals surface area contributed by atoms with Gasteiger partial charge in [0.2, 0.25) is 0 Å². The molecule has 1 atom stereocenters. The molecule has 0 rings (SSSR count). The quantitative estimate of drug-likeness (QED) is 0.456. The van der Waals surface area contributed by atoms with E-state index in [9.17, 15) is 19.2 Å². The number of amides is 1. The number of hydrogen-bond acceptors (Lipinski definition) is 6. The highest BCUT2D eigenvalue weighted by Crippen LogP contribution is 1.93. The van der Waals surface area contributed by atoms with Crippen molar-refractivity contribution in [3.05, 3.63) is 12.2 Å². The maximum absolute atomic E-state index is 11.2. The van der Waals surface area contributed by atoms with E-state index < -0.39 is 36.5 Å². The lowest BCUT2D eigenvalue weighted by atomic mass is 10.3. The predicted octanol–water partition coefficient (Wildman–Crippen LogP) is -1.15. The van der Waals surface area contributed by atoms with E-state index in [1.807, 2.05) is 5.32 Å². The van der Waals surface area contributed by atoms with Gasteiger partial charge in [-0.2, -0.15) is 0 Å². The minimum Gasteiger partial charge on any atom is -0.480 e. The summed E-state index contributed by atoms with van der Waals surface area (Å²) >= 11 is 0. The fourth-order valence-corrected chi connectivity index (χ4v) is 0.778. The molecule has 0 aromatic rings. The molecule has 0 radical (unpaired) electrons. The van der Waals surface area contributed by atoms with E-state index in [0.717, 1.165) is 19.3 Å². The third kappa shape index (κ3) is 6.99. The van der Waals surface area contributed by atoms with Crippen molar-refractivity contribution in [3.8, 4) is 0 Å². The Morgan fingerprint density at radius 1 is 1.22 bits per heavy atom. The highest BCUT2D eigenvalue weighted by molar-refractivity contribution is 5.93. The van der Waals surface area contributed by atoms with Crippen LogP contribution in [0, 0.1) is 0 Å². The Balaban J connectivity index is 4.14. The minimum absolute atomic E-state index is 0.571. The zero-order valence-corrected chi connectivity index (χ0v) is 9.84. The first-order chi connectivity index (χ1) is 8.36. The van der Waals surface area contributed by atoms with Gasteiger partial charge in [0.25, 0.3) is 5.91 Å². The Kier molecular flexibility index (Phi) is 6.79. The van der Waals surface area contributed by atoms with E-state index in [4.69, 9.17) is 5.11 Å². The van der Waals surface area contributed by atoms with Gasteiger partial charge < -0.3 is 19.9 Å². The Morgan fingerprint density at radius 2 is 1.78 bits per heavy atom. The number of carbonyl (C=O) groups excluding carboxylic acids is 3. The summed E-state index contributed by atoms with van der Waals surface area (Å²) in [5.41, 5.74) is 0. The van der Waals surface area contributed by atoms with E-state index in [-0.39, 0.29) is 0 Å². The van der Waals surface area contributed by atoms with Crippen molar-refractivity contribution < 1.29 is 33.8 Å². The largest absolute Gasteiger partial charge is 0.480 e. The number of ether oxygens (including phenoxy) is 2. The van der Waals surface area contributed by atoms with E-state index in [1.54, 1.807) is 0 Å². The summed E-state index contributed by atoms with van der Waals surface area (Å²) in [7, 11) is 1.14. The van der Waals surface area contributed by atoms with Crippen LogP contribution >= 0.6 is 0 Å². The third-order valence-electron chi connectivity index (χ3n) is 1.63. The number of rotatable bonds is 6. The molecule has 2 N–H and O–H groups in total. The van der Waals surface area contributed by atoms with Gasteiger partial charge >= 0.3 is 17.9 Å². The second-order valence-electron chi connectivity index (χ2n) is 3.05. The molecule has 0 spiro atoms. The van der Waals surface area contributed by atoms with Crippen LogP contribution in [-0.4, -0.2) is 48.7 Å². The number of esters is 2. The van der Waals surface area contributed by atoms with Crippen LogP contribution in [0.1, 0.15) is 6.92 Å². The Labute approximate surface area is 103 Å². The normalized spacial score (nSPS) is 11.7. The van der Waals surface area contributed by atoms with Crippen LogP contribution in [0.15, 0.2) is 12.2 Å². The van der Waals surface area contributed by atoms with Crippen LogP contribution in [0.25, 0.3) is 0 Å². The standard InChI is InChI=1S/C10H13NO7/c1-6(10(16)11-5-7(12)13)18-9(15)4-3-8(14)17-2/h3-4,6H,5H2,1-2H3,(H,11,16)(H,12,13). The van der Waals surface area contributed by atoms with Crippen LogP contribution in [-0.2, 0) is 28.7 Å². The summed E-state index contributed by atoms with van der Waals surface area (Å²) in [6, 6.07) is 0. The van der Waals surface area contributed by atoms with Gasteiger partial charge in [-0.1, -0.05) is 0 Å². The van der Waals surface area contributed by atoms with Gasteiger partial charge in [0.05, 0.1) is 7.11 Å². The van der Waals surface area contributed by atoms with Crippen molar-refractivity contribution in [1.29, 1.82) is 0 Å². The molecule has 1 unspecified atom stereocenters. The first kappa shape index (κ1) is 15.6. The summed E-state index contributed by atoms with van der Waals surface area (Å²) in [5, 5.41) is 10.3. The lowest BCUT2D eigenvalue weighted by Crippen LogP contribution is -2.38. The number of carboxylic acids is 1. The van der Waals surface area contributed by atoms with Crippen molar-refractivity contribution in [2.45, 2.75) is 13.0 Å². The molecule has 0 aliphatic rings. The molecular formula is C10H13NO7. The van der Waals surface area contributed by atoms with Crippen LogP contribution in [0.5, 0.6) is 0 Å². The van der Waals surface area contributed by atoms with E-state index >= 15 is 0 Å². The molecule has 0 aliphatic carbocycles. The molecule has 0 saturated carbocycles. The summed E-state index contributed by atoms with van der Waals surface area (Å²) in [4.78, 5) is 43.1. The molecule has 0 heterocycles. The molecule has 100 valence electrons. The number of carbonyl (C=O) groups is 4. The van der Waals surface area contributed by atoms with Gasteiger partial charge in [0.1, 0.15) is 6.54 Å². The van der Waals surface area contributed by atoms with Gasteiger partial charge in [0.15, 0.2) is 6.10 Å². The van der Waals surface area contributed by atoms with Crippen LogP contribution in [0.2, 0.25) is 0 Å². The van der Waals surface area contributed by atoms with Crippen molar-refractivity contribution in [2.75, 3.05) is 13.7 Å². The van der Waals surface area contributed by atoms with Gasteiger partial charge in [-0.15, -0.1) is 0 Å². The number of nitrogens with one attached hydrogen (secondary N) is 1. The topological polar surface area (TPSA) is 119 Å². The van der Waals surface area contributed by atoms with Gasteiger partial charge in [-0.3, -0.25) is 9.59 Å². The fourth-order valence-electron chi connectivity index (χ4n) is 0.778. The minimum atomic E-state index is -1.22. The second kappa shape index (κ2) is 7.82. The number of hydrogen-bond donors (Lipinski definition) is 2. The Bertz CT molecular complexity index is 374. The summed E-state index contributed by atoms with van der Waals surface area (Å²) in [6.45, 7) is 0.694. The maximum atomic E-state index is 11.2. The lowest BCUT2D eigenvalue weighted by Gasteiger charge is -2.10. The summed E-state index contributed by atoms with van der Waals surface area (Å²) < 4.78 is 8.84. The maximum Gasteiger partial charge on any atom is 0.331 e. The predicted molar refractivity (Wildman–Crippen MR) is 57.4 cm³/mol. The molecule has 8 nitrogen and oxygen atoms in total. The fraction of sp³-hybridized carbons (Fsp3) is 0.400. The zero-order valence-electron chi connectivity index (χ0n) is 9.84. The molecule has 0 aliphatic heterocycles. The molecule has 8 heteroatoms. The van der Waals surface area contributed by atoms with Gasteiger partial charge in [-0.25, -0.2) is 9.59 Å². The average molecular weight is 259 g/mol. The highest BCUT2D eigenvalue weighted by atomic mass is 16.5. The Morgan fingerprint density at radius 3 is 2.28 bits per heavy atom. The van der Waals surface area contributed by atoms with Crippen LogP contribution in [0.4, 0.5) is 0 Å².